The van der Waals surface area contributed by atoms with Crippen LogP contribution in [-0.4, -0.2) is 19.7 Å². The fourth-order valence-electron chi connectivity index (χ4n) is 2.03. The van der Waals surface area contributed by atoms with Gasteiger partial charge in [-0.2, -0.15) is 0 Å². The van der Waals surface area contributed by atoms with Crippen LogP contribution in [-0.2, 0) is 6.42 Å². The molecule has 1 aromatic rings. The fourth-order valence-corrected chi connectivity index (χ4v) is 2.22. The minimum Gasteiger partial charge on any atom is -0.493 e. The Balaban J connectivity index is 0.00000144. The third-order valence-electron chi connectivity index (χ3n) is 3.04. The molecular formula is C13H19Cl2NO. The summed E-state index contributed by atoms with van der Waals surface area (Å²) < 4.78 is 5.87. The van der Waals surface area contributed by atoms with Gasteiger partial charge in [0.2, 0.25) is 0 Å². The average molecular weight is 276 g/mol. The maximum absolute atomic E-state index is 5.96. The van der Waals surface area contributed by atoms with E-state index in [0.717, 1.165) is 36.9 Å². The highest BCUT2D eigenvalue weighted by Crippen LogP contribution is 2.24. The molecule has 0 aliphatic carbocycles. The van der Waals surface area contributed by atoms with E-state index in [0.29, 0.717) is 5.92 Å². The van der Waals surface area contributed by atoms with Gasteiger partial charge >= 0.3 is 0 Å². The Morgan fingerprint density at radius 3 is 2.94 bits per heavy atom. The van der Waals surface area contributed by atoms with Gasteiger partial charge in [-0.1, -0.05) is 18.5 Å². The van der Waals surface area contributed by atoms with Crippen LogP contribution in [0.5, 0.6) is 5.75 Å². The topological polar surface area (TPSA) is 21.3 Å². The zero-order valence-corrected chi connectivity index (χ0v) is 11.6. The summed E-state index contributed by atoms with van der Waals surface area (Å²) in [5.41, 5.74) is 1.19. The van der Waals surface area contributed by atoms with Crippen LogP contribution in [0.15, 0.2) is 18.2 Å². The molecule has 0 saturated carbocycles. The molecule has 2 rings (SSSR count). The molecule has 1 atom stereocenters. The molecule has 1 aromatic carbocycles. The summed E-state index contributed by atoms with van der Waals surface area (Å²) in [4.78, 5) is 0. The van der Waals surface area contributed by atoms with Gasteiger partial charge in [-0.25, -0.2) is 0 Å². The van der Waals surface area contributed by atoms with Crippen molar-refractivity contribution >= 4 is 24.0 Å². The van der Waals surface area contributed by atoms with E-state index in [9.17, 15) is 0 Å². The molecular weight excluding hydrogens is 257 g/mol. The number of hydrogen-bond donors (Lipinski definition) is 1. The van der Waals surface area contributed by atoms with Crippen molar-refractivity contribution in [3.05, 3.63) is 28.8 Å². The van der Waals surface area contributed by atoms with Gasteiger partial charge in [0.05, 0.1) is 6.61 Å². The average Bonchev–Trinajstić information content (AvgIpc) is 2.80. The molecule has 1 unspecified atom stereocenters. The summed E-state index contributed by atoms with van der Waals surface area (Å²) in [6.45, 7) is 5.13. The number of halogens is 2. The van der Waals surface area contributed by atoms with Crippen LogP contribution in [0, 0.1) is 5.92 Å². The highest BCUT2D eigenvalue weighted by molar-refractivity contribution is 6.30. The molecule has 96 valence electrons. The van der Waals surface area contributed by atoms with Crippen LogP contribution in [0.25, 0.3) is 0 Å². The predicted octanol–water partition coefficient (Wildman–Crippen LogP) is 3.31. The van der Waals surface area contributed by atoms with E-state index in [1.165, 1.54) is 12.0 Å². The van der Waals surface area contributed by atoms with E-state index in [1.54, 1.807) is 0 Å². The molecule has 1 saturated heterocycles. The number of rotatable bonds is 4. The van der Waals surface area contributed by atoms with Gasteiger partial charge in [-0.05, 0) is 43.1 Å². The number of ether oxygens (including phenoxy) is 1. The molecule has 1 aliphatic heterocycles. The van der Waals surface area contributed by atoms with Crippen molar-refractivity contribution in [2.45, 2.75) is 19.8 Å². The van der Waals surface area contributed by atoms with Crippen LogP contribution in [0.4, 0.5) is 0 Å². The van der Waals surface area contributed by atoms with Crippen molar-refractivity contribution in [3.63, 3.8) is 0 Å². The Morgan fingerprint density at radius 2 is 2.29 bits per heavy atom. The zero-order valence-electron chi connectivity index (χ0n) is 10.0. The van der Waals surface area contributed by atoms with Gasteiger partial charge in [0.1, 0.15) is 5.75 Å². The van der Waals surface area contributed by atoms with E-state index in [-0.39, 0.29) is 12.4 Å². The third-order valence-corrected chi connectivity index (χ3v) is 3.28. The minimum atomic E-state index is 0. The van der Waals surface area contributed by atoms with Gasteiger partial charge in [0.25, 0.3) is 0 Å². The number of aryl methyl sites for hydroxylation is 1. The third kappa shape index (κ3) is 4.06. The predicted molar refractivity (Wildman–Crippen MR) is 74.5 cm³/mol. The van der Waals surface area contributed by atoms with Crippen molar-refractivity contribution in [1.29, 1.82) is 0 Å². The van der Waals surface area contributed by atoms with Crippen molar-refractivity contribution in [2.75, 3.05) is 19.7 Å². The second-order valence-corrected chi connectivity index (χ2v) is 4.71. The number of hydrogen-bond acceptors (Lipinski definition) is 2. The molecule has 0 bridgehead atoms. The lowest BCUT2D eigenvalue weighted by Crippen LogP contribution is -2.15. The SMILES string of the molecule is CCc1cc(Cl)ccc1OCC1CCNC1.Cl. The molecule has 0 radical (unpaired) electrons. The first-order chi connectivity index (χ1) is 7.79. The molecule has 1 aliphatic rings. The van der Waals surface area contributed by atoms with Crippen LogP contribution in [0.3, 0.4) is 0 Å². The standard InChI is InChI=1S/C13H18ClNO.ClH/c1-2-11-7-12(14)3-4-13(11)16-9-10-5-6-15-8-10;/h3-4,7,10,15H,2,5-6,8-9H2,1H3;1H. The van der Waals surface area contributed by atoms with E-state index in [4.69, 9.17) is 16.3 Å². The van der Waals surface area contributed by atoms with Gasteiger partial charge in [0, 0.05) is 17.5 Å². The molecule has 2 nitrogen and oxygen atoms in total. The van der Waals surface area contributed by atoms with E-state index < -0.39 is 0 Å². The highest BCUT2D eigenvalue weighted by Gasteiger charge is 2.15. The summed E-state index contributed by atoms with van der Waals surface area (Å²) in [5, 5.41) is 4.13. The zero-order chi connectivity index (χ0) is 11.4. The van der Waals surface area contributed by atoms with Crippen LogP contribution < -0.4 is 10.1 Å². The molecule has 1 heterocycles. The van der Waals surface area contributed by atoms with Crippen molar-refractivity contribution in [2.24, 2.45) is 5.92 Å². The van der Waals surface area contributed by atoms with E-state index in [1.807, 2.05) is 18.2 Å². The lowest BCUT2D eigenvalue weighted by atomic mass is 10.1. The Bertz CT molecular complexity index is 351. The van der Waals surface area contributed by atoms with Crippen LogP contribution in [0.2, 0.25) is 5.02 Å². The largest absolute Gasteiger partial charge is 0.493 e. The lowest BCUT2D eigenvalue weighted by Gasteiger charge is -2.13. The van der Waals surface area contributed by atoms with Crippen LogP contribution in [0.1, 0.15) is 18.9 Å². The summed E-state index contributed by atoms with van der Waals surface area (Å²) >= 11 is 5.96. The van der Waals surface area contributed by atoms with Crippen molar-refractivity contribution < 1.29 is 4.74 Å². The number of nitrogens with one attached hydrogen (secondary N) is 1. The molecule has 1 fully saturated rings. The Kier molecular flexibility index (Phi) is 6.10. The Morgan fingerprint density at radius 1 is 1.47 bits per heavy atom. The Labute approximate surface area is 114 Å². The first-order valence-corrected chi connectivity index (χ1v) is 6.29. The molecule has 0 spiro atoms. The maximum Gasteiger partial charge on any atom is 0.122 e. The van der Waals surface area contributed by atoms with E-state index >= 15 is 0 Å². The maximum atomic E-state index is 5.96. The minimum absolute atomic E-state index is 0. The summed E-state index contributed by atoms with van der Waals surface area (Å²) in [5.74, 6) is 1.64. The van der Waals surface area contributed by atoms with Gasteiger partial charge in [0.15, 0.2) is 0 Å². The van der Waals surface area contributed by atoms with Gasteiger partial charge in [-0.15, -0.1) is 12.4 Å². The smallest absolute Gasteiger partial charge is 0.122 e. The molecule has 4 heteroatoms. The van der Waals surface area contributed by atoms with Gasteiger partial charge < -0.3 is 10.1 Å². The van der Waals surface area contributed by atoms with E-state index in [2.05, 4.69) is 12.2 Å². The quantitative estimate of drug-likeness (QED) is 0.911. The Hall–Kier alpha value is -0.440. The highest BCUT2D eigenvalue weighted by atomic mass is 35.5. The lowest BCUT2D eigenvalue weighted by molar-refractivity contribution is 0.258. The second-order valence-electron chi connectivity index (χ2n) is 4.28. The van der Waals surface area contributed by atoms with Gasteiger partial charge in [-0.3, -0.25) is 0 Å². The van der Waals surface area contributed by atoms with Crippen LogP contribution >= 0.6 is 24.0 Å². The summed E-state index contributed by atoms with van der Waals surface area (Å²) in [7, 11) is 0. The molecule has 17 heavy (non-hydrogen) atoms. The fraction of sp³-hybridized carbons (Fsp3) is 0.538. The second kappa shape index (κ2) is 7.10. The molecule has 1 N–H and O–H groups in total. The van der Waals surface area contributed by atoms with Crippen molar-refractivity contribution in [3.8, 4) is 5.75 Å². The number of benzene rings is 1. The first kappa shape index (κ1) is 14.6. The van der Waals surface area contributed by atoms with Crippen molar-refractivity contribution in [1.82, 2.24) is 5.32 Å². The summed E-state index contributed by atoms with van der Waals surface area (Å²) in [6, 6.07) is 5.86. The normalized spacial score (nSPS) is 18.8. The molecule has 0 aromatic heterocycles. The summed E-state index contributed by atoms with van der Waals surface area (Å²) in [6.07, 6.45) is 2.17. The first-order valence-electron chi connectivity index (χ1n) is 5.91. The monoisotopic (exact) mass is 275 g/mol. The molecule has 0 amide bonds.